The van der Waals surface area contributed by atoms with Crippen LogP contribution in [0.2, 0.25) is 0 Å². The van der Waals surface area contributed by atoms with Crippen molar-refractivity contribution in [3.63, 3.8) is 0 Å². The molecule has 0 aliphatic carbocycles. The maximum Gasteiger partial charge on any atom is 0.220 e. The fraction of sp³-hybridized carbons (Fsp3) is 1.00. The summed E-state index contributed by atoms with van der Waals surface area (Å²) in [6.45, 7) is -1.76. The Bertz CT molecular complexity index is 1190. The molecule has 1 saturated heterocycles. The SMILES string of the molecule is O=S(=O)([O-])OCC1OC(OS(=O)(=O)[O-])C(OS(=O)(=O)[O-])C(OS(=O)(=O)[O-])C1OS(=O)(=O)[O-]. The first-order valence-electron chi connectivity index (χ1n) is 6.78. The minimum atomic E-state index is -6.10. The highest BCUT2D eigenvalue weighted by atomic mass is 32.3. The van der Waals surface area contributed by atoms with Crippen LogP contribution >= 0.6 is 0 Å². The van der Waals surface area contributed by atoms with E-state index in [0.717, 1.165) is 0 Å². The van der Waals surface area contributed by atoms with Gasteiger partial charge >= 0.3 is 0 Å². The molecule has 32 heavy (non-hydrogen) atoms. The van der Waals surface area contributed by atoms with Crippen LogP contribution in [0.5, 0.6) is 0 Å². The number of rotatable bonds is 11. The summed E-state index contributed by atoms with van der Waals surface area (Å²) in [5.74, 6) is 0. The van der Waals surface area contributed by atoms with Crippen LogP contribution in [0, 0.1) is 0 Å². The van der Waals surface area contributed by atoms with Gasteiger partial charge < -0.3 is 27.5 Å². The highest BCUT2D eigenvalue weighted by Gasteiger charge is 2.53. The van der Waals surface area contributed by atoms with Gasteiger partial charge in [0.25, 0.3) is 0 Å². The van der Waals surface area contributed by atoms with Gasteiger partial charge in [0.1, 0.15) is 18.3 Å². The topological polar surface area (TPSA) is 341 Å². The van der Waals surface area contributed by atoms with Gasteiger partial charge in [-0.3, -0.25) is 16.7 Å². The van der Waals surface area contributed by atoms with E-state index in [2.05, 4.69) is 25.7 Å². The first kappa shape index (κ1) is 29.3. The van der Waals surface area contributed by atoms with Crippen LogP contribution in [0.1, 0.15) is 0 Å². The Hall–Kier alpha value is -0.690. The molecular weight excluding hydrogens is 568 g/mol. The molecule has 0 amide bonds. The third kappa shape index (κ3) is 11.4. The molecule has 0 radical (unpaired) electrons. The Morgan fingerprint density at radius 1 is 0.531 bits per heavy atom. The second kappa shape index (κ2) is 9.89. The fourth-order valence-corrected chi connectivity index (χ4v) is 4.25. The standard InChI is InChI=1S/C6H12O21S5/c7-28(8,9)22-1-2-3(24-29(10,11)12)4(25-30(13,14)15)5(26-31(16,17)18)6(23-2)27-32(19,20)21/h2-6H,1H2,(H,7,8,9)(H,10,11,12)(H,13,14,15)(H,16,17,18)(H,19,20,21)/p-5. The second-order valence-electron chi connectivity index (χ2n) is 5.15. The molecule has 0 aromatic carbocycles. The van der Waals surface area contributed by atoms with Crippen LogP contribution in [0.4, 0.5) is 0 Å². The van der Waals surface area contributed by atoms with Gasteiger partial charge in [0, 0.05) is 0 Å². The first-order chi connectivity index (χ1) is 14.0. The van der Waals surface area contributed by atoms with Crippen molar-refractivity contribution in [3.05, 3.63) is 0 Å². The summed E-state index contributed by atoms with van der Waals surface area (Å²) in [6.07, 6.45) is -15.1. The van der Waals surface area contributed by atoms with E-state index in [0.29, 0.717) is 0 Å². The average Bonchev–Trinajstić information content (AvgIpc) is 2.45. The summed E-state index contributed by atoms with van der Waals surface area (Å²) in [6, 6.07) is 0. The summed E-state index contributed by atoms with van der Waals surface area (Å²) in [5, 5.41) is 0. The van der Waals surface area contributed by atoms with Crippen LogP contribution in [0.25, 0.3) is 0 Å². The van der Waals surface area contributed by atoms with E-state index in [-0.39, 0.29) is 0 Å². The third-order valence-corrected chi connectivity index (χ3v) is 5.09. The van der Waals surface area contributed by atoms with Crippen molar-refractivity contribution in [2.24, 2.45) is 0 Å². The highest BCUT2D eigenvalue weighted by Crippen LogP contribution is 2.32. The van der Waals surface area contributed by atoms with E-state index in [9.17, 15) is 64.9 Å². The molecule has 5 atom stereocenters. The van der Waals surface area contributed by atoms with Gasteiger partial charge in [-0.05, 0) is 0 Å². The molecule has 1 rings (SSSR count). The molecule has 1 fully saturated rings. The molecule has 192 valence electrons. The molecule has 0 aromatic rings. The number of hydrogen-bond donors (Lipinski definition) is 0. The van der Waals surface area contributed by atoms with E-state index in [1.807, 2.05) is 0 Å². The molecule has 0 aromatic heterocycles. The Morgan fingerprint density at radius 2 is 0.906 bits per heavy atom. The van der Waals surface area contributed by atoms with Gasteiger partial charge in [-0.25, -0.2) is 46.3 Å². The van der Waals surface area contributed by atoms with E-state index in [4.69, 9.17) is 0 Å². The fourth-order valence-electron chi connectivity index (χ4n) is 2.09. The molecule has 0 spiro atoms. The molecule has 26 heteroatoms. The lowest BCUT2D eigenvalue weighted by Crippen LogP contribution is -2.63. The van der Waals surface area contributed by atoms with Gasteiger partial charge in [-0.1, -0.05) is 0 Å². The zero-order chi connectivity index (χ0) is 25.3. The van der Waals surface area contributed by atoms with Crippen molar-refractivity contribution in [2.75, 3.05) is 6.61 Å². The molecular formula is C6H7O21S5-5. The van der Waals surface area contributed by atoms with Crippen molar-refractivity contribution >= 4 is 52.0 Å². The van der Waals surface area contributed by atoms with Gasteiger partial charge in [0.05, 0.1) is 6.61 Å². The predicted octanol–water partition coefficient (Wildman–Crippen LogP) is -5.80. The quantitative estimate of drug-likeness (QED) is 0.163. The Morgan fingerprint density at radius 3 is 1.28 bits per heavy atom. The molecule has 0 saturated carbocycles. The predicted molar refractivity (Wildman–Crippen MR) is 78.8 cm³/mol. The molecule has 0 bridgehead atoms. The van der Waals surface area contributed by atoms with Crippen LogP contribution in [-0.2, 0) is 77.6 Å². The largest absolute Gasteiger partial charge is 0.726 e. The molecule has 5 unspecified atom stereocenters. The van der Waals surface area contributed by atoms with Gasteiger partial charge in [-0.15, -0.1) is 0 Å². The van der Waals surface area contributed by atoms with Crippen molar-refractivity contribution in [1.82, 2.24) is 0 Å². The van der Waals surface area contributed by atoms with Crippen LogP contribution in [-0.4, -0.2) is 102 Å². The van der Waals surface area contributed by atoms with E-state index in [1.165, 1.54) is 0 Å². The zero-order valence-corrected chi connectivity index (χ0v) is 18.3. The van der Waals surface area contributed by atoms with Crippen molar-refractivity contribution < 1.29 is 90.5 Å². The van der Waals surface area contributed by atoms with Crippen LogP contribution in [0.15, 0.2) is 0 Å². The summed E-state index contributed by atoms with van der Waals surface area (Å²) < 4.78 is 185. The van der Waals surface area contributed by atoms with Crippen molar-refractivity contribution in [3.8, 4) is 0 Å². The van der Waals surface area contributed by atoms with Crippen molar-refractivity contribution in [1.29, 1.82) is 0 Å². The van der Waals surface area contributed by atoms with Crippen molar-refractivity contribution in [2.45, 2.75) is 30.7 Å². The minimum absolute atomic E-state index is 1.76. The maximum atomic E-state index is 11.0. The summed E-state index contributed by atoms with van der Waals surface area (Å²) in [4.78, 5) is 0. The lowest BCUT2D eigenvalue weighted by Gasteiger charge is -2.44. The number of hydrogen-bond acceptors (Lipinski definition) is 21. The molecule has 1 heterocycles. The second-order valence-corrected chi connectivity index (χ2v) is 10.2. The van der Waals surface area contributed by atoms with Crippen LogP contribution in [0.3, 0.4) is 0 Å². The zero-order valence-electron chi connectivity index (χ0n) is 14.2. The number of ether oxygens (including phenoxy) is 1. The van der Waals surface area contributed by atoms with E-state index >= 15 is 0 Å². The summed E-state index contributed by atoms with van der Waals surface area (Å²) in [7, 11) is -29.8. The molecule has 21 nitrogen and oxygen atoms in total. The molecule has 0 N–H and O–H groups in total. The smallest absolute Gasteiger partial charge is 0.220 e. The highest BCUT2D eigenvalue weighted by molar-refractivity contribution is 7.81. The first-order valence-corrected chi connectivity index (χ1v) is 13.4. The molecule has 1 aliphatic heterocycles. The normalized spacial score (nSPS) is 28.5. The lowest BCUT2D eigenvalue weighted by molar-refractivity contribution is -0.261. The van der Waals surface area contributed by atoms with Gasteiger partial charge in [0.15, 0.2) is 6.10 Å². The summed E-state index contributed by atoms with van der Waals surface area (Å²) in [5.41, 5.74) is 0. The van der Waals surface area contributed by atoms with E-state index in [1.54, 1.807) is 0 Å². The van der Waals surface area contributed by atoms with Gasteiger partial charge in [-0.2, -0.15) is 0 Å². The minimum Gasteiger partial charge on any atom is -0.726 e. The Labute approximate surface area is 179 Å². The van der Waals surface area contributed by atoms with Gasteiger partial charge in [0.2, 0.25) is 58.3 Å². The Balaban J connectivity index is 3.67. The lowest BCUT2D eigenvalue weighted by atomic mass is 9.99. The van der Waals surface area contributed by atoms with E-state index < -0.39 is 89.3 Å². The maximum absolute atomic E-state index is 11.0. The summed E-state index contributed by atoms with van der Waals surface area (Å²) >= 11 is 0. The molecule has 1 aliphatic rings. The monoisotopic (exact) mass is 575 g/mol. The average molecular weight is 575 g/mol. The third-order valence-electron chi connectivity index (χ3n) is 2.87. The Kier molecular flexibility index (Phi) is 9.07. The van der Waals surface area contributed by atoms with Crippen LogP contribution < -0.4 is 0 Å².